The zero-order chi connectivity index (χ0) is 23.7. The van der Waals surface area contributed by atoms with Gasteiger partial charge in [0.1, 0.15) is 24.9 Å². The number of benzene rings is 2. The number of sulfonamides is 1. The molecule has 2 aromatic carbocycles. The fraction of sp³-hybridized carbons (Fsp3) is 0.435. The molecule has 1 aliphatic heterocycles. The van der Waals surface area contributed by atoms with Crippen LogP contribution in [0.2, 0.25) is 0 Å². The van der Waals surface area contributed by atoms with E-state index in [2.05, 4.69) is 6.07 Å². The van der Waals surface area contributed by atoms with Gasteiger partial charge in [-0.15, -0.1) is 0 Å². The van der Waals surface area contributed by atoms with E-state index in [0.717, 1.165) is 16.6 Å². The molecule has 0 bridgehead atoms. The molecule has 7 nitrogen and oxygen atoms in total. The van der Waals surface area contributed by atoms with Crippen molar-refractivity contribution in [3.63, 3.8) is 0 Å². The van der Waals surface area contributed by atoms with Gasteiger partial charge in [0.15, 0.2) is 0 Å². The molecule has 32 heavy (non-hydrogen) atoms. The van der Waals surface area contributed by atoms with E-state index in [1.807, 2.05) is 39.9 Å². The highest BCUT2D eigenvalue weighted by Crippen LogP contribution is 2.27. The number of hydrogen-bond donors (Lipinski definition) is 0. The lowest BCUT2D eigenvalue weighted by atomic mass is 9.96. The van der Waals surface area contributed by atoms with Crippen molar-refractivity contribution >= 4 is 29.4 Å². The van der Waals surface area contributed by atoms with Crippen molar-refractivity contribution in [2.75, 3.05) is 26.2 Å². The van der Waals surface area contributed by atoms with Crippen LogP contribution in [-0.2, 0) is 14.8 Å². The first kappa shape index (κ1) is 24.1. The van der Waals surface area contributed by atoms with Crippen molar-refractivity contribution in [2.24, 2.45) is 0 Å². The zero-order valence-electron chi connectivity index (χ0n) is 19.6. The molecule has 0 N–H and O–H groups in total. The number of ether oxygens (including phenoxy) is 2. The van der Waals surface area contributed by atoms with Gasteiger partial charge in [-0.2, -0.15) is 4.31 Å². The van der Waals surface area contributed by atoms with Crippen molar-refractivity contribution in [1.82, 2.24) is 9.21 Å². The van der Waals surface area contributed by atoms with E-state index < -0.39 is 21.7 Å². The van der Waals surface area contributed by atoms with Crippen LogP contribution < -0.4 is 10.2 Å². The molecule has 2 aromatic rings. The molecule has 1 aliphatic rings. The smallest absolute Gasteiger partial charge is 0.410 e. The van der Waals surface area contributed by atoms with Gasteiger partial charge < -0.3 is 14.4 Å². The van der Waals surface area contributed by atoms with E-state index >= 15 is 0 Å². The topological polar surface area (TPSA) is 76.2 Å². The third-order valence-corrected chi connectivity index (χ3v) is 6.86. The molecule has 1 fully saturated rings. The van der Waals surface area contributed by atoms with Crippen molar-refractivity contribution in [3.05, 3.63) is 47.5 Å². The number of amides is 1. The van der Waals surface area contributed by atoms with Crippen molar-refractivity contribution < 1.29 is 22.7 Å². The Bertz CT molecular complexity index is 1080. The first-order chi connectivity index (χ1) is 14.8. The van der Waals surface area contributed by atoms with Crippen LogP contribution in [0.15, 0.2) is 41.3 Å². The van der Waals surface area contributed by atoms with Gasteiger partial charge in [-0.3, -0.25) is 0 Å². The molecule has 0 unspecified atom stereocenters. The number of nitrogens with zero attached hydrogens (tertiary/aromatic N) is 2. The van der Waals surface area contributed by atoms with Crippen LogP contribution in [-0.4, -0.2) is 63.3 Å². The third kappa shape index (κ3) is 6.04. The highest BCUT2D eigenvalue weighted by molar-refractivity contribution is 7.89. The summed E-state index contributed by atoms with van der Waals surface area (Å²) in [6, 6.07) is 10.9. The Kier molecular flexibility index (Phi) is 6.90. The Morgan fingerprint density at radius 1 is 0.906 bits per heavy atom. The molecule has 0 radical (unpaired) electrons. The predicted molar refractivity (Wildman–Crippen MR) is 127 cm³/mol. The number of carbonyl (C=O) groups is 1. The quantitative estimate of drug-likeness (QED) is 0.659. The second kappa shape index (κ2) is 9.15. The summed E-state index contributed by atoms with van der Waals surface area (Å²) in [5, 5.41) is 0. The maximum Gasteiger partial charge on any atom is 0.410 e. The normalized spacial score (nSPS) is 15.5. The molecule has 1 heterocycles. The van der Waals surface area contributed by atoms with Gasteiger partial charge in [0.25, 0.3) is 0 Å². The van der Waals surface area contributed by atoms with E-state index in [9.17, 15) is 13.2 Å². The highest BCUT2D eigenvalue weighted by Gasteiger charge is 2.32. The molecule has 1 saturated heterocycles. The zero-order valence-corrected chi connectivity index (χ0v) is 20.5. The first-order valence-electron chi connectivity index (χ1n) is 10.7. The molecule has 172 valence electrons. The SMILES string of the molecule is Bc1cc(Oc2cc(C)cc(C)c2)cc(S(=O)(=O)N2CCN(C(=O)OC(C)(C)C)CC2)c1. The van der Waals surface area contributed by atoms with Crippen LogP contribution in [0.1, 0.15) is 31.9 Å². The minimum atomic E-state index is -3.73. The largest absolute Gasteiger partial charge is 0.457 e. The number of aryl methyl sites for hydroxylation is 2. The fourth-order valence-electron chi connectivity index (χ4n) is 3.64. The first-order valence-corrected chi connectivity index (χ1v) is 12.1. The molecule has 0 saturated carbocycles. The van der Waals surface area contributed by atoms with Gasteiger partial charge in [0, 0.05) is 32.2 Å². The van der Waals surface area contributed by atoms with E-state index in [1.54, 1.807) is 37.8 Å². The maximum atomic E-state index is 13.3. The molecule has 0 aromatic heterocycles. The number of rotatable bonds is 4. The summed E-state index contributed by atoms with van der Waals surface area (Å²) in [4.78, 5) is 14.0. The lowest BCUT2D eigenvalue weighted by Gasteiger charge is -2.35. The summed E-state index contributed by atoms with van der Waals surface area (Å²) in [5.41, 5.74) is 2.35. The van der Waals surface area contributed by atoms with Gasteiger partial charge in [-0.05, 0) is 70.0 Å². The number of hydrogen-bond acceptors (Lipinski definition) is 5. The van der Waals surface area contributed by atoms with E-state index in [-0.39, 0.29) is 31.1 Å². The van der Waals surface area contributed by atoms with Crippen LogP contribution in [0.3, 0.4) is 0 Å². The molecular weight excluding hydrogens is 427 g/mol. The number of piperazine rings is 1. The van der Waals surface area contributed by atoms with Crippen LogP contribution >= 0.6 is 0 Å². The maximum absolute atomic E-state index is 13.3. The molecule has 0 atom stereocenters. The Morgan fingerprint density at radius 3 is 2.03 bits per heavy atom. The van der Waals surface area contributed by atoms with Crippen LogP contribution in [0.5, 0.6) is 11.5 Å². The minimum absolute atomic E-state index is 0.183. The molecule has 0 aliphatic carbocycles. The fourth-order valence-corrected chi connectivity index (χ4v) is 5.18. The summed E-state index contributed by atoms with van der Waals surface area (Å²) in [6.07, 6.45) is -0.422. The molecule has 3 rings (SSSR count). The summed E-state index contributed by atoms with van der Waals surface area (Å²) in [5.74, 6) is 1.14. The summed E-state index contributed by atoms with van der Waals surface area (Å²) < 4.78 is 39.4. The lowest BCUT2D eigenvalue weighted by molar-refractivity contribution is 0.0192. The molecular formula is C23H31BN2O5S. The monoisotopic (exact) mass is 458 g/mol. The van der Waals surface area contributed by atoms with Gasteiger partial charge in [-0.25, -0.2) is 13.2 Å². The van der Waals surface area contributed by atoms with Gasteiger partial charge >= 0.3 is 6.09 Å². The minimum Gasteiger partial charge on any atom is -0.457 e. The van der Waals surface area contributed by atoms with Crippen LogP contribution in [0.25, 0.3) is 0 Å². The Labute approximate surface area is 191 Å². The van der Waals surface area contributed by atoms with Crippen LogP contribution in [0.4, 0.5) is 4.79 Å². The van der Waals surface area contributed by atoms with E-state index in [1.165, 1.54) is 4.31 Å². The summed E-state index contributed by atoms with van der Waals surface area (Å²) in [7, 11) is -1.88. The Balaban J connectivity index is 1.75. The lowest BCUT2D eigenvalue weighted by Crippen LogP contribution is -2.51. The second-order valence-electron chi connectivity index (χ2n) is 9.28. The highest BCUT2D eigenvalue weighted by atomic mass is 32.2. The van der Waals surface area contributed by atoms with Crippen molar-refractivity contribution in [1.29, 1.82) is 0 Å². The van der Waals surface area contributed by atoms with Crippen molar-refractivity contribution in [2.45, 2.75) is 45.1 Å². The average molecular weight is 458 g/mol. The molecule has 0 spiro atoms. The van der Waals surface area contributed by atoms with Crippen LogP contribution in [0, 0.1) is 13.8 Å². The number of carbonyl (C=O) groups excluding carboxylic acids is 1. The van der Waals surface area contributed by atoms with Gasteiger partial charge in [0.05, 0.1) is 4.90 Å². The van der Waals surface area contributed by atoms with Gasteiger partial charge in [0.2, 0.25) is 10.0 Å². The second-order valence-corrected chi connectivity index (χ2v) is 11.2. The molecule has 1 amide bonds. The molecule has 9 heteroatoms. The summed E-state index contributed by atoms with van der Waals surface area (Å²) >= 11 is 0. The predicted octanol–water partition coefficient (Wildman–Crippen LogP) is 2.60. The van der Waals surface area contributed by atoms with E-state index in [0.29, 0.717) is 11.5 Å². The average Bonchev–Trinajstić information content (AvgIpc) is 2.65. The van der Waals surface area contributed by atoms with Gasteiger partial charge in [-0.1, -0.05) is 11.5 Å². The van der Waals surface area contributed by atoms with E-state index in [4.69, 9.17) is 9.47 Å². The van der Waals surface area contributed by atoms with Crippen molar-refractivity contribution in [3.8, 4) is 11.5 Å². The summed E-state index contributed by atoms with van der Waals surface area (Å²) in [6.45, 7) is 10.4. The standard InChI is InChI=1S/C23H31BN2O5S/c1-16-10-17(2)12-19(11-16)30-20-13-18(24)14-21(15-20)32(28,29)26-8-6-25(7-9-26)22(27)31-23(3,4)5/h10-15H,6-9,24H2,1-5H3. The third-order valence-electron chi connectivity index (χ3n) is 4.98. The Morgan fingerprint density at radius 2 is 1.47 bits per heavy atom. The Hall–Kier alpha value is -2.52.